The number of ether oxygens (including phenoxy) is 1. The number of rotatable bonds is 5. The van der Waals surface area contributed by atoms with Crippen LogP contribution in [0.2, 0.25) is 5.15 Å². The molecule has 3 nitrogen and oxygen atoms in total. The Morgan fingerprint density at radius 2 is 2.05 bits per heavy atom. The van der Waals surface area contributed by atoms with Gasteiger partial charge in [-0.25, -0.2) is 4.98 Å². The van der Waals surface area contributed by atoms with Crippen LogP contribution in [0.4, 0.5) is 5.69 Å². The first-order valence-electron chi connectivity index (χ1n) is 6.89. The van der Waals surface area contributed by atoms with Crippen molar-refractivity contribution in [2.24, 2.45) is 5.92 Å². The van der Waals surface area contributed by atoms with Gasteiger partial charge < -0.3 is 10.1 Å². The van der Waals surface area contributed by atoms with Crippen LogP contribution in [-0.2, 0) is 0 Å². The summed E-state index contributed by atoms with van der Waals surface area (Å²) in [5.41, 5.74) is 2.24. The van der Waals surface area contributed by atoms with Crippen LogP contribution in [0, 0.1) is 5.92 Å². The number of hydrogen-bond donors (Lipinski definition) is 1. The van der Waals surface area contributed by atoms with Crippen LogP contribution in [-0.4, -0.2) is 12.1 Å². The van der Waals surface area contributed by atoms with Crippen molar-refractivity contribution < 1.29 is 4.74 Å². The van der Waals surface area contributed by atoms with E-state index in [1.54, 1.807) is 13.3 Å². The van der Waals surface area contributed by atoms with E-state index < -0.39 is 0 Å². The molecule has 1 unspecified atom stereocenters. The molecule has 1 atom stereocenters. The molecule has 3 rings (SSSR count). The molecule has 1 fully saturated rings. The highest BCUT2D eigenvalue weighted by atomic mass is 79.9. The van der Waals surface area contributed by atoms with Gasteiger partial charge in [0, 0.05) is 0 Å². The van der Waals surface area contributed by atoms with Crippen molar-refractivity contribution in [3.8, 4) is 5.75 Å². The molecule has 0 spiro atoms. The lowest BCUT2D eigenvalue weighted by molar-refractivity contribution is 0.414. The smallest absolute Gasteiger partial charge is 0.143 e. The third-order valence-electron chi connectivity index (χ3n) is 3.69. The normalized spacial score (nSPS) is 15.6. The summed E-state index contributed by atoms with van der Waals surface area (Å²) in [4.78, 5) is 4.17. The Bertz CT molecular complexity index is 629. The molecule has 1 N–H and O–H groups in total. The summed E-state index contributed by atoms with van der Waals surface area (Å²) < 4.78 is 6.03. The zero-order valence-electron chi connectivity index (χ0n) is 11.6. The average molecular weight is 368 g/mol. The predicted octanol–water partition coefficient (Wildman–Crippen LogP) is 5.07. The van der Waals surface area contributed by atoms with E-state index in [1.165, 1.54) is 18.4 Å². The molecule has 1 aliphatic carbocycles. The van der Waals surface area contributed by atoms with Crippen LogP contribution in [0.5, 0.6) is 5.75 Å². The van der Waals surface area contributed by atoms with Crippen LogP contribution < -0.4 is 10.1 Å². The van der Waals surface area contributed by atoms with E-state index in [2.05, 4.69) is 38.4 Å². The quantitative estimate of drug-likeness (QED) is 0.749. The Balaban J connectivity index is 1.82. The zero-order valence-corrected chi connectivity index (χ0v) is 14.0. The van der Waals surface area contributed by atoms with Crippen LogP contribution in [0.1, 0.15) is 24.4 Å². The number of benzene rings is 1. The van der Waals surface area contributed by atoms with Crippen molar-refractivity contribution in [1.82, 2.24) is 4.98 Å². The Labute approximate surface area is 137 Å². The Kier molecular flexibility index (Phi) is 4.36. The number of pyridine rings is 1. The minimum absolute atomic E-state index is 0.297. The molecular formula is C16H16BrClN2O. The van der Waals surface area contributed by atoms with Crippen LogP contribution in [0.15, 0.2) is 41.0 Å². The number of hydrogen-bond acceptors (Lipinski definition) is 3. The van der Waals surface area contributed by atoms with Crippen molar-refractivity contribution >= 4 is 33.2 Å². The third kappa shape index (κ3) is 3.50. The molecule has 0 aliphatic heterocycles. The van der Waals surface area contributed by atoms with E-state index in [4.69, 9.17) is 16.3 Å². The van der Waals surface area contributed by atoms with E-state index in [0.29, 0.717) is 17.1 Å². The molecule has 0 bridgehead atoms. The molecule has 0 radical (unpaired) electrons. The fourth-order valence-corrected chi connectivity index (χ4v) is 2.85. The maximum atomic E-state index is 5.94. The number of halogens is 2. The summed E-state index contributed by atoms with van der Waals surface area (Å²) in [5.74, 6) is 1.55. The van der Waals surface area contributed by atoms with Gasteiger partial charge in [-0.3, -0.25) is 0 Å². The number of anilines is 1. The number of nitrogens with one attached hydrogen (secondary N) is 1. The van der Waals surface area contributed by atoms with Crippen molar-refractivity contribution in [2.45, 2.75) is 18.9 Å². The largest absolute Gasteiger partial charge is 0.497 e. The van der Waals surface area contributed by atoms with Crippen molar-refractivity contribution in [1.29, 1.82) is 0 Å². The van der Waals surface area contributed by atoms with Gasteiger partial charge in [-0.15, -0.1) is 0 Å². The second kappa shape index (κ2) is 6.24. The van der Waals surface area contributed by atoms with Crippen molar-refractivity contribution in [3.63, 3.8) is 0 Å². The molecule has 0 saturated heterocycles. The van der Waals surface area contributed by atoms with Gasteiger partial charge in [0.2, 0.25) is 0 Å². The highest BCUT2D eigenvalue weighted by molar-refractivity contribution is 9.10. The highest BCUT2D eigenvalue weighted by Crippen LogP contribution is 2.43. The van der Waals surface area contributed by atoms with E-state index >= 15 is 0 Å². The molecule has 5 heteroatoms. The lowest BCUT2D eigenvalue weighted by Crippen LogP contribution is -2.13. The zero-order chi connectivity index (χ0) is 14.8. The number of aromatic nitrogens is 1. The second-order valence-corrected chi connectivity index (χ2v) is 6.44. The molecule has 1 aromatic heterocycles. The maximum Gasteiger partial charge on any atom is 0.143 e. The Hall–Kier alpha value is -1.26. The molecule has 21 heavy (non-hydrogen) atoms. The molecule has 1 saturated carbocycles. The number of nitrogens with zero attached hydrogens (tertiary/aromatic N) is 1. The first kappa shape index (κ1) is 14.7. The highest BCUT2D eigenvalue weighted by Gasteiger charge is 2.32. The van der Waals surface area contributed by atoms with Gasteiger partial charge in [0.05, 0.1) is 29.5 Å². The lowest BCUT2D eigenvalue weighted by atomic mass is 10.0. The monoisotopic (exact) mass is 366 g/mol. The van der Waals surface area contributed by atoms with Gasteiger partial charge in [0.25, 0.3) is 0 Å². The van der Waals surface area contributed by atoms with Crippen molar-refractivity contribution in [3.05, 3.63) is 51.7 Å². The fraction of sp³-hybridized carbons (Fsp3) is 0.312. The van der Waals surface area contributed by atoms with Gasteiger partial charge in [-0.2, -0.15) is 0 Å². The van der Waals surface area contributed by atoms with E-state index in [-0.39, 0.29) is 0 Å². The van der Waals surface area contributed by atoms with Crippen LogP contribution >= 0.6 is 27.5 Å². The molecular weight excluding hydrogens is 352 g/mol. The van der Waals surface area contributed by atoms with Gasteiger partial charge in [0.1, 0.15) is 10.9 Å². The molecule has 110 valence electrons. The van der Waals surface area contributed by atoms with Gasteiger partial charge in [0.15, 0.2) is 0 Å². The summed E-state index contributed by atoms with van der Waals surface area (Å²) >= 11 is 9.36. The number of methoxy groups -OCH3 is 1. The van der Waals surface area contributed by atoms with Gasteiger partial charge in [-0.1, -0.05) is 23.7 Å². The fourth-order valence-electron chi connectivity index (χ4n) is 2.39. The topological polar surface area (TPSA) is 34.1 Å². The second-order valence-electron chi connectivity index (χ2n) is 5.23. The van der Waals surface area contributed by atoms with Crippen LogP contribution in [0.25, 0.3) is 0 Å². The molecule has 1 heterocycles. The van der Waals surface area contributed by atoms with Gasteiger partial charge >= 0.3 is 0 Å². The van der Waals surface area contributed by atoms with E-state index in [1.807, 2.05) is 18.2 Å². The first-order valence-corrected chi connectivity index (χ1v) is 8.06. The summed E-state index contributed by atoms with van der Waals surface area (Å²) in [7, 11) is 1.68. The van der Waals surface area contributed by atoms with Gasteiger partial charge in [-0.05, 0) is 58.5 Å². The Morgan fingerprint density at radius 3 is 2.62 bits per heavy atom. The van der Waals surface area contributed by atoms with E-state index in [9.17, 15) is 0 Å². The van der Waals surface area contributed by atoms with Crippen LogP contribution in [0.3, 0.4) is 0 Å². The summed E-state index contributed by atoms with van der Waals surface area (Å²) in [6.07, 6.45) is 4.28. The average Bonchev–Trinajstić information content (AvgIpc) is 3.33. The minimum atomic E-state index is 0.297. The molecule has 0 amide bonds. The standard InChI is InChI=1S/C16H16BrClN2O/c1-21-13-6-4-11(5-7-13)15(10-2-3-10)20-12-8-14(17)16(18)19-9-12/h4-10,15,20H,2-3H2,1H3. The minimum Gasteiger partial charge on any atom is -0.497 e. The summed E-state index contributed by atoms with van der Waals surface area (Å²) in [5, 5.41) is 4.05. The predicted molar refractivity (Wildman–Crippen MR) is 89.0 cm³/mol. The molecule has 2 aromatic rings. The molecule has 1 aliphatic rings. The first-order chi connectivity index (χ1) is 10.2. The lowest BCUT2D eigenvalue weighted by Gasteiger charge is -2.20. The van der Waals surface area contributed by atoms with Crippen molar-refractivity contribution in [2.75, 3.05) is 12.4 Å². The SMILES string of the molecule is COc1ccc(C(Nc2cnc(Cl)c(Br)c2)C2CC2)cc1. The summed E-state index contributed by atoms with van der Waals surface area (Å²) in [6, 6.07) is 10.5. The maximum absolute atomic E-state index is 5.94. The molecule has 1 aromatic carbocycles. The third-order valence-corrected chi connectivity index (χ3v) is 4.82. The summed E-state index contributed by atoms with van der Waals surface area (Å²) in [6.45, 7) is 0. The Morgan fingerprint density at radius 1 is 1.33 bits per heavy atom. The van der Waals surface area contributed by atoms with E-state index in [0.717, 1.165) is 15.9 Å².